The van der Waals surface area contributed by atoms with Crippen molar-refractivity contribution < 1.29 is 5.11 Å². The summed E-state index contributed by atoms with van der Waals surface area (Å²) in [5, 5.41) is 12.4. The highest BCUT2D eigenvalue weighted by Crippen LogP contribution is 2.52. The maximum Gasteiger partial charge on any atom is 0.145 e. The molecule has 0 amide bonds. The molecule has 1 aliphatic rings. The SMILES string of the molecule is OC1(c2ccc(-c3nc4ccccc4n3-c3ccccc3)cc2)c2cc(Br)ccc2-c2ccc(Br)cc21. The molecule has 37 heavy (non-hydrogen) atoms. The highest BCUT2D eigenvalue weighted by Gasteiger charge is 2.43. The van der Waals surface area contributed by atoms with Crippen molar-refractivity contribution in [1.82, 2.24) is 9.55 Å². The molecule has 1 heterocycles. The van der Waals surface area contributed by atoms with E-state index in [1.54, 1.807) is 0 Å². The van der Waals surface area contributed by atoms with Crippen molar-refractivity contribution in [2.75, 3.05) is 0 Å². The summed E-state index contributed by atoms with van der Waals surface area (Å²) in [7, 11) is 0. The monoisotopic (exact) mass is 606 g/mol. The molecular formula is C32H20Br2N2O. The zero-order valence-corrected chi connectivity index (χ0v) is 22.7. The molecule has 0 fully saturated rings. The highest BCUT2D eigenvalue weighted by molar-refractivity contribution is 9.10. The van der Waals surface area contributed by atoms with E-state index in [9.17, 15) is 5.11 Å². The minimum atomic E-state index is -1.27. The van der Waals surface area contributed by atoms with Crippen LogP contribution in [0.4, 0.5) is 0 Å². The highest BCUT2D eigenvalue weighted by atomic mass is 79.9. The molecule has 7 rings (SSSR count). The molecule has 0 bridgehead atoms. The van der Waals surface area contributed by atoms with Crippen LogP contribution in [0, 0.1) is 0 Å². The molecule has 5 heteroatoms. The molecule has 1 aliphatic carbocycles. The zero-order chi connectivity index (χ0) is 25.1. The van der Waals surface area contributed by atoms with Gasteiger partial charge >= 0.3 is 0 Å². The molecule has 178 valence electrons. The summed E-state index contributed by atoms with van der Waals surface area (Å²) in [6.45, 7) is 0. The normalized spacial score (nSPS) is 13.5. The second-order valence-electron chi connectivity index (χ2n) is 9.26. The second kappa shape index (κ2) is 8.52. The Morgan fingerprint density at radius 1 is 0.649 bits per heavy atom. The fraction of sp³-hybridized carbons (Fsp3) is 0.0312. The first-order valence-corrected chi connectivity index (χ1v) is 13.6. The number of aliphatic hydroxyl groups is 1. The lowest BCUT2D eigenvalue weighted by Crippen LogP contribution is -2.26. The van der Waals surface area contributed by atoms with E-state index < -0.39 is 5.60 Å². The topological polar surface area (TPSA) is 38.1 Å². The van der Waals surface area contributed by atoms with Gasteiger partial charge in [-0.1, -0.05) is 98.6 Å². The Morgan fingerprint density at radius 3 is 1.89 bits per heavy atom. The number of fused-ring (bicyclic) bond motifs is 4. The van der Waals surface area contributed by atoms with Gasteiger partial charge in [0, 0.05) is 31.3 Å². The van der Waals surface area contributed by atoms with Crippen LogP contribution in [0.1, 0.15) is 16.7 Å². The van der Waals surface area contributed by atoms with E-state index in [0.717, 1.165) is 64.9 Å². The van der Waals surface area contributed by atoms with Crippen LogP contribution < -0.4 is 0 Å². The second-order valence-corrected chi connectivity index (χ2v) is 11.1. The van der Waals surface area contributed by atoms with Gasteiger partial charge in [-0.15, -0.1) is 0 Å². The summed E-state index contributed by atoms with van der Waals surface area (Å²) in [4.78, 5) is 4.99. The van der Waals surface area contributed by atoms with Gasteiger partial charge in [0.15, 0.2) is 0 Å². The quantitative estimate of drug-likeness (QED) is 0.219. The first-order chi connectivity index (χ1) is 18.0. The van der Waals surface area contributed by atoms with Crippen LogP contribution in [-0.2, 0) is 5.60 Å². The van der Waals surface area contributed by atoms with E-state index in [1.165, 1.54) is 0 Å². The van der Waals surface area contributed by atoms with Crippen LogP contribution in [0.3, 0.4) is 0 Å². The van der Waals surface area contributed by atoms with Crippen molar-refractivity contribution in [3.63, 3.8) is 0 Å². The van der Waals surface area contributed by atoms with Crippen molar-refractivity contribution in [3.05, 3.63) is 141 Å². The number of hydrogen-bond donors (Lipinski definition) is 1. The van der Waals surface area contributed by atoms with Crippen LogP contribution in [0.25, 0.3) is 39.2 Å². The molecule has 0 atom stereocenters. The average Bonchev–Trinajstić information content (AvgIpc) is 3.43. The summed E-state index contributed by atoms with van der Waals surface area (Å²) in [6.07, 6.45) is 0. The lowest BCUT2D eigenvalue weighted by molar-refractivity contribution is 0.130. The summed E-state index contributed by atoms with van der Waals surface area (Å²) < 4.78 is 4.06. The first kappa shape index (κ1) is 22.7. The Morgan fingerprint density at radius 2 is 1.24 bits per heavy atom. The fourth-order valence-corrected chi connectivity index (χ4v) is 6.20. The smallest absolute Gasteiger partial charge is 0.145 e. The summed E-state index contributed by atoms with van der Waals surface area (Å²) >= 11 is 7.21. The molecule has 5 aromatic carbocycles. The maximum absolute atomic E-state index is 12.4. The van der Waals surface area contributed by atoms with Gasteiger partial charge in [0.1, 0.15) is 11.4 Å². The maximum atomic E-state index is 12.4. The Balaban J connectivity index is 1.40. The lowest BCUT2D eigenvalue weighted by atomic mass is 9.84. The Kier molecular flexibility index (Phi) is 5.22. The van der Waals surface area contributed by atoms with Crippen molar-refractivity contribution >= 4 is 42.9 Å². The third-order valence-corrected chi connectivity index (χ3v) is 8.16. The molecule has 1 N–H and O–H groups in total. The van der Waals surface area contributed by atoms with Crippen molar-refractivity contribution in [1.29, 1.82) is 0 Å². The van der Waals surface area contributed by atoms with Crippen LogP contribution >= 0.6 is 31.9 Å². The van der Waals surface area contributed by atoms with Gasteiger partial charge in [-0.05, 0) is 65.2 Å². The predicted molar refractivity (Wildman–Crippen MR) is 156 cm³/mol. The van der Waals surface area contributed by atoms with Gasteiger partial charge in [0.2, 0.25) is 0 Å². The van der Waals surface area contributed by atoms with Gasteiger partial charge in [0.05, 0.1) is 11.0 Å². The molecule has 0 radical (unpaired) electrons. The van der Waals surface area contributed by atoms with E-state index in [2.05, 4.69) is 78.9 Å². The molecule has 0 saturated carbocycles. The zero-order valence-electron chi connectivity index (χ0n) is 19.6. The van der Waals surface area contributed by atoms with E-state index in [-0.39, 0.29) is 0 Å². The molecule has 3 nitrogen and oxygen atoms in total. The number of benzene rings is 5. The number of nitrogens with zero attached hydrogens (tertiary/aromatic N) is 2. The van der Waals surface area contributed by atoms with E-state index in [0.29, 0.717) is 0 Å². The number of aromatic nitrogens is 2. The Hall–Kier alpha value is -3.51. The van der Waals surface area contributed by atoms with Crippen molar-refractivity contribution in [3.8, 4) is 28.2 Å². The Labute approximate surface area is 231 Å². The van der Waals surface area contributed by atoms with E-state index in [4.69, 9.17) is 4.98 Å². The fourth-order valence-electron chi connectivity index (χ4n) is 5.48. The Bertz CT molecular complexity index is 1760. The van der Waals surface area contributed by atoms with Crippen molar-refractivity contribution in [2.24, 2.45) is 0 Å². The minimum absolute atomic E-state index is 0.815. The molecule has 6 aromatic rings. The summed E-state index contributed by atoms with van der Waals surface area (Å²) in [5.41, 5.74) is 7.42. The van der Waals surface area contributed by atoms with Crippen LogP contribution in [-0.4, -0.2) is 14.7 Å². The number of halogens is 2. The summed E-state index contributed by atoms with van der Waals surface area (Å²) in [6, 6.07) is 38.8. The van der Waals surface area contributed by atoms with E-state index in [1.807, 2.05) is 72.8 Å². The van der Waals surface area contributed by atoms with Crippen molar-refractivity contribution in [2.45, 2.75) is 5.60 Å². The van der Waals surface area contributed by atoms with Gasteiger partial charge in [0.25, 0.3) is 0 Å². The molecule has 0 aliphatic heterocycles. The largest absolute Gasteiger partial charge is 0.376 e. The van der Waals surface area contributed by atoms with Gasteiger partial charge < -0.3 is 5.11 Å². The van der Waals surface area contributed by atoms with E-state index >= 15 is 0 Å². The lowest BCUT2D eigenvalue weighted by Gasteiger charge is -2.27. The minimum Gasteiger partial charge on any atom is -0.376 e. The van der Waals surface area contributed by atoms with Gasteiger partial charge in [-0.3, -0.25) is 4.57 Å². The average molecular weight is 608 g/mol. The third-order valence-electron chi connectivity index (χ3n) is 7.17. The number of para-hydroxylation sites is 3. The molecular weight excluding hydrogens is 588 g/mol. The molecule has 0 unspecified atom stereocenters. The first-order valence-electron chi connectivity index (χ1n) is 12.0. The van der Waals surface area contributed by atoms with Crippen LogP contribution in [0.2, 0.25) is 0 Å². The number of rotatable bonds is 3. The molecule has 0 saturated heterocycles. The number of hydrogen-bond acceptors (Lipinski definition) is 2. The summed E-state index contributed by atoms with van der Waals surface area (Å²) in [5.74, 6) is 0.864. The van der Waals surface area contributed by atoms with Crippen LogP contribution in [0.15, 0.2) is 124 Å². The van der Waals surface area contributed by atoms with Crippen LogP contribution in [0.5, 0.6) is 0 Å². The standard InChI is InChI=1S/C32H20Br2N2O/c33-22-14-16-25-26-17-15-23(34)19-28(26)32(37,27(25)18-22)21-12-10-20(11-13-21)31-35-29-8-4-5-9-30(29)36(31)24-6-2-1-3-7-24/h1-19,37H. The van der Waals surface area contributed by atoms with Gasteiger partial charge in [-0.25, -0.2) is 4.98 Å². The molecule has 1 aromatic heterocycles. The predicted octanol–water partition coefficient (Wildman–Crippen LogP) is 8.48. The third kappa shape index (κ3) is 3.46. The molecule has 0 spiro atoms. The van der Waals surface area contributed by atoms with Gasteiger partial charge in [-0.2, -0.15) is 0 Å². The number of imidazole rings is 1.